The van der Waals surface area contributed by atoms with Gasteiger partial charge in [0.2, 0.25) is 0 Å². The van der Waals surface area contributed by atoms with Crippen LogP contribution in [0.1, 0.15) is 13.8 Å². The number of nitrogens with one attached hydrogen (secondary N) is 1. The fraction of sp³-hybridized carbons (Fsp3) is 0.778. The molecule has 0 aromatic heterocycles. The van der Waals surface area contributed by atoms with Gasteiger partial charge in [-0.3, -0.25) is 10.0 Å². The van der Waals surface area contributed by atoms with Gasteiger partial charge in [0.15, 0.2) is 0 Å². The third-order valence-corrected chi connectivity index (χ3v) is 1.89. The first kappa shape index (κ1) is 10.2. The Hall–Kier alpha value is -0.900. The van der Waals surface area contributed by atoms with Crippen LogP contribution in [-0.2, 0) is 0 Å². The minimum Gasteiger partial charge on any atom is -0.308 e. The first-order valence-corrected chi connectivity index (χ1v) is 4.72. The topological polar surface area (TPSA) is 40.0 Å². The Bertz CT molecular complexity index is 198. The minimum atomic E-state index is 0.598. The largest absolute Gasteiger partial charge is 0.308 e. The van der Waals surface area contributed by atoms with Crippen LogP contribution in [0.3, 0.4) is 0 Å². The Morgan fingerprint density at radius 2 is 2.38 bits per heavy atom. The van der Waals surface area contributed by atoms with Gasteiger partial charge in [-0.25, -0.2) is 0 Å². The van der Waals surface area contributed by atoms with E-state index in [1.165, 1.54) is 0 Å². The average molecular weight is 182 g/mol. The fourth-order valence-electron chi connectivity index (χ4n) is 1.18. The predicted molar refractivity (Wildman–Crippen MR) is 56.3 cm³/mol. The summed E-state index contributed by atoms with van der Waals surface area (Å²) in [5, 5.41) is 9.06. The van der Waals surface area contributed by atoms with E-state index in [1.54, 1.807) is 0 Å². The molecule has 0 atom stereocenters. The highest BCUT2D eigenvalue weighted by Gasteiger charge is 2.13. The predicted octanol–water partition coefficient (Wildman–Crippen LogP) is 0.562. The molecule has 0 unspecified atom stereocenters. The average Bonchev–Trinajstić information content (AvgIpc) is 2.15. The van der Waals surface area contributed by atoms with Crippen molar-refractivity contribution in [3.05, 3.63) is 0 Å². The summed E-state index contributed by atoms with van der Waals surface area (Å²) in [6.07, 6.45) is 0. The van der Waals surface area contributed by atoms with Gasteiger partial charge in [0, 0.05) is 19.8 Å². The molecule has 1 aliphatic heterocycles. The third-order valence-electron chi connectivity index (χ3n) is 1.89. The van der Waals surface area contributed by atoms with Crippen LogP contribution >= 0.6 is 0 Å². The maximum atomic E-state index is 4.48. The highest BCUT2D eigenvalue weighted by molar-refractivity contribution is 5.84. The number of hydrogen-bond donors (Lipinski definition) is 1. The second kappa shape index (κ2) is 4.97. The maximum absolute atomic E-state index is 4.48. The zero-order valence-electron chi connectivity index (χ0n) is 8.45. The Kier molecular flexibility index (Phi) is 3.89. The van der Waals surface area contributed by atoms with E-state index < -0.39 is 0 Å². The summed E-state index contributed by atoms with van der Waals surface area (Å²) in [6, 6.07) is 0. The van der Waals surface area contributed by atoms with Crippen molar-refractivity contribution in [2.24, 2.45) is 16.0 Å². The van der Waals surface area contributed by atoms with E-state index in [4.69, 9.17) is 0 Å². The molecule has 1 rings (SSSR count). The normalized spacial score (nSPS) is 21.2. The number of rotatable bonds is 3. The first-order chi connectivity index (χ1) is 6.24. The Morgan fingerprint density at radius 3 is 3.00 bits per heavy atom. The molecule has 1 fully saturated rings. The molecule has 4 heteroatoms. The van der Waals surface area contributed by atoms with Crippen molar-refractivity contribution >= 4 is 12.6 Å². The molecular formula is C9H18N4. The lowest BCUT2D eigenvalue weighted by molar-refractivity contribution is 0.399. The van der Waals surface area contributed by atoms with Crippen molar-refractivity contribution in [2.75, 3.05) is 26.2 Å². The Labute approximate surface area is 79.7 Å². The summed E-state index contributed by atoms with van der Waals surface area (Å²) in [7, 11) is 0. The van der Waals surface area contributed by atoms with Crippen molar-refractivity contribution in [3.8, 4) is 0 Å². The van der Waals surface area contributed by atoms with Crippen LogP contribution in [0.15, 0.2) is 10.1 Å². The van der Waals surface area contributed by atoms with Gasteiger partial charge in [-0.1, -0.05) is 13.8 Å². The summed E-state index contributed by atoms with van der Waals surface area (Å²) in [4.78, 5) is 4.48. The van der Waals surface area contributed by atoms with Crippen LogP contribution in [0, 0.1) is 5.92 Å². The number of nitrogens with zero attached hydrogens (tertiary/aromatic N) is 3. The second-order valence-corrected chi connectivity index (χ2v) is 3.59. The smallest absolute Gasteiger partial charge is 0.134 e. The second-order valence-electron chi connectivity index (χ2n) is 3.59. The van der Waals surface area contributed by atoms with Crippen molar-refractivity contribution in [2.45, 2.75) is 13.8 Å². The molecule has 0 aromatic carbocycles. The molecule has 0 bridgehead atoms. The van der Waals surface area contributed by atoms with Gasteiger partial charge in [0.05, 0.1) is 13.1 Å². The van der Waals surface area contributed by atoms with Gasteiger partial charge in [-0.15, -0.1) is 0 Å². The Balaban J connectivity index is 2.53. The highest BCUT2D eigenvalue weighted by atomic mass is 15.5. The molecule has 1 saturated heterocycles. The number of piperazine rings is 1. The first-order valence-electron chi connectivity index (χ1n) is 4.72. The molecule has 0 radical (unpaired) electrons. The molecule has 0 aromatic rings. The Morgan fingerprint density at radius 1 is 1.62 bits per heavy atom. The van der Waals surface area contributed by atoms with E-state index in [0.717, 1.165) is 32.0 Å². The minimum absolute atomic E-state index is 0.598. The lowest BCUT2D eigenvalue weighted by Crippen LogP contribution is -2.45. The van der Waals surface area contributed by atoms with Gasteiger partial charge in [0.1, 0.15) is 5.84 Å². The van der Waals surface area contributed by atoms with Crippen LogP contribution in [-0.4, -0.2) is 43.7 Å². The summed E-state index contributed by atoms with van der Waals surface area (Å²) in [5.74, 6) is 1.61. The quantitative estimate of drug-likeness (QED) is 0.648. The standard InChI is InChI=1S/C9H18N4/c1-8(2)6-12-9-7-11-4-5-13(9)10-3/h8,11H,3-7H2,1-2H3/b12-9-. The van der Waals surface area contributed by atoms with Crippen LogP contribution in [0.2, 0.25) is 0 Å². The molecule has 1 heterocycles. The lowest BCUT2D eigenvalue weighted by atomic mass is 10.2. The van der Waals surface area contributed by atoms with Crippen LogP contribution in [0.25, 0.3) is 0 Å². The van der Waals surface area contributed by atoms with Crippen LogP contribution < -0.4 is 5.32 Å². The van der Waals surface area contributed by atoms with Crippen molar-refractivity contribution in [1.29, 1.82) is 0 Å². The van der Waals surface area contributed by atoms with Crippen molar-refractivity contribution < 1.29 is 0 Å². The zero-order chi connectivity index (χ0) is 9.68. The lowest BCUT2D eigenvalue weighted by Gasteiger charge is -2.26. The fourth-order valence-corrected chi connectivity index (χ4v) is 1.18. The van der Waals surface area contributed by atoms with Gasteiger partial charge in [-0.05, 0) is 5.92 Å². The summed E-state index contributed by atoms with van der Waals surface area (Å²) < 4.78 is 0. The van der Waals surface area contributed by atoms with E-state index in [1.807, 2.05) is 5.01 Å². The molecule has 1 aliphatic rings. The van der Waals surface area contributed by atoms with E-state index >= 15 is 0 Å². The molecular weight excluding hydrogens is 164 g/mol. The van der Waals surface area contributed by atoms with E-state index in [0.29, 0.717) is 5.92 Å². The molecule has 0 saturated carbocycles. The van der Waals surface area contributed by atoms with Gasteiger partial charge < -0.3 is 5.32 Å². The molecule has 0 amide bonds. The molecule has 0 aliphatic carbocycles. The number of amidine groups is 1. The zero-order valence-corrected chi connectivity index (χ0v) is 8.45. The SMILES string of the molecule is C=NN1CCNC/C1=N/CC(C)C. The number of aliphatic imine (C=N–C) groups is 1. The molecule has 4 nitrogen and oxygen atoms in total. The monoisotopic (exact) mass is 182 g/mol. The van der Waals surface area contributed by atoms with Crippen LogP contribution in [0.5, 0.6) is 0 Å². The summed E-state index contributed by atoms with van der Waals surface area (Å²) >= 11 is 0. The molecule has 0 spiro atoms. The van der Waals surface area contributed by atoms with Gasteiger partial charge in [0.25, 0.3) is 0 Å². The van der Waals surface area contributed by atoms with Gasteiger partial charge in [-0.2, -0.15) is 5.10 Å². The molecule has 1 N–H and O–H groups in total. The van der Waals surface area contributed by atoms with Crippen LogP contribution in [0.4, 0.5) is 0 Å². The summed E-state index contributed by atoms with van der Waals surface area (Å²) in [6.45, 7) is 11.4. The number of hydrogen-bond acceptors (Lipinski definition) is 3. The van der Waals surface area contributed by atoms with E-state index in [2.05, 4.69) is 36.0 Å². The summed E-state index contributed by atoms with van der Waals surface area (Å²) in [5.41, 5.74) is 0. The highest BCUT2D eigenvalue weighted by Crippen LogP contribution is 1.99. The van der Waals surface area contributed by atoms with E-state index in [9.17, 15) is 0 Å². The molecule has 13 heavy (non-hydrogen) atoms. The van der Waals surface area contributed by atoms with Crippen molar-refractivity contribution in [1.82, 2.24) is 10.3 Å². The third kappa shape index (κ3) is 3.14. The maximum Gasteiger partial charge on any atom is 0.134 e. The van der Waals surface area contributed by atoms with E-state index in [-0.39, 0.29) is 0 Å². The molecule has 74 valence electrons. The van der Waals surface area contributed by atoms with Gasteiger partial charge >= 0.3 is 0 Å². The van der Waals surface area contributed by atoms with Crippen molar-refractivity contribution in [3.63, 3.8) is 0 Å². The number of hydrazone groups is 1.